The van der Waals surface area contributed by atoms with Crippen molar-refractivity contribution in [1.82, 2.24) is 20.3 Å². The summed E-state index contributed by atoms with van der Waals surface area (Å²) in [4.78, 5) is 25.6. The zero-order chi connectivity index (χ0) is 16.6. The number of para-hydroxylation sites is 2. The minimum Gasteiger partial charge on any atom is -0.341 e. The Kier molecular flexibility index (Phi) is 4.50. The van der Waals surface area contributed by atoms with Crippen molar-refractivity contribution in [3.8, 4) is 0 Å². The molecule has 5 nitrogen and oxygen atoms in total. The second kappa shape index (κ2) is 6.41. The third-order valence-corrected chi connectivity index (χ3v) is 5.34. The van der Waals surface area contributed by atoms with E-state index in [1.54, 1.807) is 0 Å². The molecule has 0 unspecified atom stereocenters. The zero-order valence-corrected chi connectivity index (χ0v) is 15.5. The molecule has 3 aromatic rings. The van der Waals surface area contributed by atoms with Gasteiger partial charge in [-0.15, -0.1) is 11.3 Å². The number of aromatic amines is 1. The number of benzene rings is 1. The van der Waals surface area contributed by atoms with Crippen LogP contribution in [-0.4, -0.2) is 20.9 Å². The average molecular weight is 393 g/mol. The van der Waals surface area contributed by atoms with Gasteiger partial charge in [-0.2, -0.15) is 0 Å². The predicted molar refractivity (Wildman–Crippen MR) is 95.9 cm³/mol. The number of hydrogen-bond acceptors (Lipinski definition) is 4. The van der Waals surface area contributed by atoms with Gasteiger partial charge in [0.15, 0.2) is 3.92 Å². The molecule has 2 heterocycles. The van der Waals surface area contributed by atoms with Gasteiger partial charge >= 0.3 is 0 Å². The molecular weight excluding hydrogens is 376 g/mol. The highest BCUT2D eigenvalue weighted by Gasteiger charge is 2.22. The number of carbonyl (C=O) groups is 1. The number of imidazole rings is 1. The Labute approximate surface area is 146 Å². The molecule has 1 atom stereocenters. The summed E-state index contributed by atoms with van der Waals surface area (Å²) in [6, 6.07) is 7.58. The van der Waals surface area contributed by atoms with Gasteiger partial charge in [-0.05, 0) is 40.9 Å². The Morgan fingerprint density at radius 1 is 1.26 bits per heavy atom. The minimum atomic E-state index is -0.226. The summed E-state index contributed by atoms with van der Waals surface area (Å²) in [5, 5.41) is 2.97. The Bertz CT molecular complexity index is 822. The maximum absolute atomic E-state index is 12.6. The second-order valence-corrected chi connectivity index (χ2v) is 7.98. The zero-order valence-electron chi connectivity index (χ0n) is 13.1. The summed E-state index contributed by atoms with van der Waals surface area (Å²) in [5.41, 5.74) is 2.34. The largest absolute Gasteiger partial charge is 0.341 e. The van der Waals surface area contributed by atoms with E-state index in [0.29, 0.717) is 5.69 Å². The highest BCUT2D eigenvalue weighted by molar-refractivity contribution is 9.11. The molecular formula is C16H17BrN4OS. The van der Waals surface area contributed by atoms with E-state index in [2.05, 4.69) is 50.0 Å². The van der Waals surface area contributed by atoms with Crippen molar-refractivity contribution in [2.75, 3.05) is 0 Å². The molecule has 2 aromatic heterocycles. The third-order valence-electron chi connectivity index (χ3n) is 3.53. The molecule has 0 spiro atoms. The summed E-state index contributed by atoms with van der Waals surface area (Å²) in [5.74, 6) is 0.810. The molecule has 7 heteroatoms. The van der Waals surface area contributed by atoms with Gasteiger partial charge in [0.05, 0.1) is 17.1 Å². The first-order valence-corrected chi connectivity index (χ1v) is 8.98. The summed E-state index contributed by atoms with van der Waals surface area (Å²) >= 11 is 4.86. The van der Waals surface area contributed by atoms with Crippen molar-refractivity contribution in [2.45, 2.75) is 32.7 Å². The Hall–Kier alpha value is -1.73. The van der Waals surface area contributed by atoms with Crippen molar-refractivity contribution in [1.29, 1.82) is 0 Å². The maximum atomic E-state index is 12.6. The van der Waals surface area contributed by atoms with E-state index in [-0.39, 0.29) is 17.9 Å². The number of nitrogens with one attached hydrogen (secondary N) is 2. The van der Waals surface area contributed by atoms with Crippen molar-refractivity contribution in [3.63, 3.8) is 0 Å². The fourth-order valence-electron chi connectivity index (χ4n) is 2.37. The van der Waals surface area contributed by atoms with Gasteiger partial charge in [0.1, 0.15) is 11.5 Å². The number of rotatable bonds is 4. The summed E-state index contributed by atoms with van der Waals surface area (Å²) in [6.45, 7) is 6.02. The number of nitrogens with zero attached hydrogens (tertiary/aromatic N) is 2. The minimum absolute atomic E-state index is 0.177. The number of H-pyrrole nitrogens is 1. The predicted octanol–water partition coefficient (Wildman–Crippen LogP) is 4.40. The number of amides is 1. The van der Waals surface area contributed by atoms with Crippen LogP contribution < -0.4 is 5.32 Å². The normalized spacial score (nSPS) is 12.7. The second-order valence-electron chi connectivity index (χ2n) is 5.67. The Morgan fingerprint density at radius 2 is 2.00 bits per heavy atom. The maximum Gasteiger partial charge on any atom is 0.271 e. The van der Waals surface area contributed by atoms with Crippen LogP contribution in [0.25, 0.3) is 11.0 Å². The van der Waals surface area contributed by atoms with Crippen LogP contribution in [0.15, 0.2) is 28.2 Å². The van der Waals surface area contributed by atoms with E-state index in [4.69, 9.17) is 0 Å². The van der Waals surface area contributed by atoms with Crippen LogP contribution in [0.1, 0.15) is 53.9 Å². The third kappa shape index (κ3) is 3.30. The van der Waals surface area contributed by atoms with Crippen molar-refractivity contribution in [3.05, 3.63) is 44.6 Å². The molecule has 3 rings (SSSR count). The van der Waals surface area contributed by atoms with Gasteiger partial charge in [-0.1, -0.05) is 26.0 Å². The lowest BCUT2D eigenvalue weighted by atomic mass is 10.1. The van der Waals surface area contributed by atoms with Gasteiger partial charge in [0.25, 0.3) is 5.91 Å². The van der Waals surface area contributed by atoms with E-state index in [9.17, 15) is 4.79 Å². The van der Waals surface area contributed by atoms with Gasteiger partial charge in [0, 0.05) is 4.88 Å². The molecule has 1 aromatic carbocycles. The molecule has 0 radical (unpaired) electrons. The highest BCUT2D eigenvalue weighted by atomic mass is 79.9. The number of fused-ring (bicyclic) bond motifs is 1. The number of aromatic nitrogens is 3. The van der Waals surface area contributed by atoms with E-state index >= 15 is 0 Å². The lowest BCUT2D eigenvalue weighted by molar-refractivity contribution is 0.0932. The molecule has 2 N–H and O–H groups in total. The van der Waals surface area contributed by atoms with Gasteiger partial charge < -0.3 is 10.3 Å². The van der Waals surface area contributed by atoms with Crippen LogP contribution in [0.3, 0.4) is 0 Å². The highest BCUT2D eigenvalue weighted by Crippen LogP contribution is 2.30. The van der Waals surface area contributed by atoms with E-state index < -0.39 is 0 Å². The fraction of sp³-hybridized carbons (Fsp3) is 0.312. The number of carbonyl (C=O) groups excluding carboxylic acids is 1. The monoisotopic (exact) mass is 392 g/mol. The number of thiazole rings is 1. The topological polar surface area (TPSA) is 70.7 Å². The Balaban J connectivity index is 1.82. The van der Waals surface area contributed by atoms with Gasteiger partial charge in [-0.25, -0.2) is 9.97 Å². The lowest BCUT2D eigenvalue weighted by Crippen LogP contribution is -2.28. The molecule has 0 bridgehead atoms. The van der Waals surface area contributed by atoms with Crippen LogP contribution >= 0.6 is 27.3 Å². The Morgan fingerprint density at radius 3 is 2.70 bits per heavy atom. The molecule has 1 amide bonds. The fourth-order valence-corrected chi connectivity index (χ4v) is 3.86. The van der Waals surface area contributed by atoms with Crippen LogP contribution in [0.2, 0.25) is 0 Å². The van der Waals surface area contributed by atoms with E-state index in [0.717, 1.165) is 25.7 Å². The average Bonchev–Trinajstić information content (AvgIpc) is 3.10. The summed E-state index contributed by atoms with van der Waals surface area (Å²) < 4.78 is 0.725. The molecule has 0 aliphatic heterocycles. The standard InChI is InChI=1S/C16H17BrN4OS/c1-8(2)13-12(21-16(17)23-13)15(22)18-9(3)14-19-10-6-4-5-7-11(10)20-14/h4-9H,1-3H3,(H,18,22)(H,19,20)/t9-/m0/s1. The molecule has 0 aliphatic rings. The molecule has 120 valence electrons. The van der Waals surface area contributed by atoms with Crippen LogP contribution in [0.4, 0.5) is 0 Å². The smallest absolute Gasteiger partial charge is 0.271 e. The van der Waals surface area contributed by atoms with Crippen molar-refractivity contribution < 1.29 is 4.79 Å². The first-order valence-electron chi connectivity index (χ1n) is 7.37. The molecule has 0 fully saturated rings. The molecule has 0 saturated heterocycles. The van der Waals surface area contributed by atoms with Crippen LogP contribution in [0.5, 0.6) is 0 Å². The van der Waals surface area contributed by atoms with E-state index in [1.165, 1.54) is 11.3 Å². The number of halogens is 1. The molecule has 0 aliphatic carbocycles. The summed E-state index contributed by atoms with van der Waals surface area (Å²) in [7, 11) is 0. The van der Waals surface area contributed by atoms with Crippen molar-refractivity contribution >= 4 is 44.2 Å². The first-order chi connectivity index (χ1) is 11.0. The van der Waals surface area contributed by atoms with E-state index in [1.807, 2.05) is 31.2 Å². The van der Waals surface area contributed by atoms with Crippen LogP contribution in [-0.2, 0) is 0 Å². The van der Waals surface area contributed by atoms with Gasteiger partial charge in [-0.3, -0.25) is 4.79 Å². The first kappa shape index (κ1) is 16.1. The summed E-state index contributed by atoms with van der Waals surface area (Å²) in [6.07, 6.45) is 0. The molecule has 0 saturated carbocycles. The van der Waals surface area contributed by atoms with Gasteiger partial charge in [0.2, 0.25) is 0 Å². The van der Waals surface area contributed by atoms with Crippen molar-refractivity contribution in [2.24, 2.45) is 0 Å². The number of hydrogen-bond donors (Lipinski definition) is 2. The quantitative estimate of drug-likeness (QED) is 0.691. The lowest BCUT2D eigenvalue weighted by Gasteiger charge is -2.12. The SMILES string of the molecule is CC(C)c1sc(Br)nc1C(=O)N[C@@H](C)c1nc2ccccc2[nH]1. The van der Waals surface area contributed by atoms with Crippen LogP contribution in [0, 0.1) is 0 Å². The molecule has 23 heavy (non-hydrogen) atoms.